The normalized spacial score (nSPS) is 22.8. The van der Waals surface area contributed by atoms with Gasteiger partial charge in [-0.3, -0.25) is 0 Å². The number of halogens is 1. The van der Waals surface area contributed by atoms with Gasteiger partial charge in [0.25, 0.3) is 0 Å². The van der Waals surface area contributed by atoms with E-state index >= 15 is 0 Å². The first-order valence-electron chi connectivity index (χ1n) is 9.56. The molecule has 1 N–H and O–H groups in total. The fourth-order valence-corrected chi connectivity index (χ4v) is 4.25. The lowest BCUT2D eigenvalue weighted by molar-refractivity contribution is 0.120. The molecule has 2 saturated heterocycles. The topological polar surface area (TPSA) is 18.5 Å². The maximum Gasteiger partial charge on any atom is 0.123 e. The minimum atomic E-state index is -0.130. The average Bonchev–Trinajstić information content (AvgIpc) is 2.62. The summed E-state index contributed by atoms with van der Waals surface area (Å²) in [7, 11) is 0. The summed E-state index contributed by atoms with van der Waals surface area (Å²) in [4.78, 5) is 5.17. The van der Waals surface area contributed by atoms with Crippen LogP contribution < -0.4 is 5.32 Å². The van der Waals surface area contributed by atoms with Crippen LogP contribution in [0.5, 0.6) is 0 Å². The lowest BCUT2D eigenvalue weighted by Crippen LogP contribution is -2.47. The number of piperazine rings is 1. The third-order valence-electron chi connectivity index (χ3n) is 5.84. The first kappa shape index (κ1) is 17.8. The number of benzene rings is 1. The maximum atomic E-state index is 13.4. The highest BCUT2D eigenvalue weighted by molar-refractivity contribution is 5.22. The molecule has 1 aromatic rings. The molecule has 0 spiro atoms. The quantitative estimate of drug-likeness (QED) is 0.894. The summed E-state index contributed by atoms with van der Waals surface area (Å²) in [6, 6.07) is 7.92. The molecule has 0 aliphatic carbocycles. The van der Waals surface area contributed by atoms with Gasteiger partial charge >= 0.3 is 0 Å². The molecule has 0 amide bonds. The maximum absolute atomic E-state index is 13.4. The number of piperidine rings is 1. The second-order valence-electron chi connectivity index (χ2n) is 7.68. The summed E-state index contributed by atoms with van der Waals surface area (Å²) < 4.78 is 13.4. The van der Waals surface area contributed by atoms with Crippen LogP contribution in [-0.2, 0) is 0 Å². The Kier molecular flexibility index (Phi) is 6.25. The Morgan fingerprint density at radius 1 is 1.04 bits per heavy atom. The number of hydrogen-bond donors (Lipinski definition) is 1. The molecule has 1 atom stereocenters. The van der Waals surface area contributed by atoms with Gasteiger partial charge in [-0.1, -0.05) is 12.1 Å². The Bertz CT molecular complexity index is 488. The molecule has 24 heavy (non-hydrogen) atoms. The number of hydrogen-bond acceptors (Lipinski definition) is 3. The monoisotopic (exact) mass is 333 g/mol. The van der Waals surface area contributed by atoms with Gasteiger partial charge in [-0.2, -0.15) is 0 Å². The van der Waals surface area contributed by atoms with E-state index in [-0.39, 0.29) is 5.82 Å². The van der Waals surface area contributed by atoms with Gasteiger partial charge in [0.1, 0.15) is 5.82 Å². The molecule has 2 aliphatic rings. The second kappa shape index (κ2) is 8.41. The first-order chi connectivity index (χ1) is 11.6. The van der Waals surface area contributed by atoms with Crippen LogP contribution in [0.15, 0.2) is 24.3 Å². The molecule has 3 nitrogen and oxygen atoms in total. The van der Waals surface area contributed by atoms with Gasteiger partial charge in [-0.15, -0.1) is 0 Å². The zero-order valence-electron chi connectivity index (χ0n) is 15.2. The Morgan fingerprint density at radius 2 is 1.67 bits per heavy atom. The minimum absolute atomic E-state index is 0.130. The lowest BCUT2D eigenvalue weighted by Gasteiger charge is -2.40. The van der Waals surface area contributed by atoms with Gasteiger partial charge in [-0.05, 0) is 69.3 Å². The van der Waals surface area contributed by atoms with Crippen LogP contribution in [0.25, 0.3) is 0 Å². The lowest BCUT2D eigenvalue weighted by atomic mass is 9.79. The van der Waals surface area contributed by atoms with Crippen molar-refractivity contribution in [3.63, 3.8) is 0 Å². The van der Waals surface area contributed by atoms with E-state index in [1.165, 1.54) is 31.5 Å². The molecule has 0 saturated carbocycles. The summed E-state index contributed by atoms with van der Waals surface area (Å²) >= 11 is 0. The minimum Gasteiger partial charge on any atom is -0.314 e. The predicted molar refractivity (Wildman–Crippen MR) is 97.9 cm³/mol. The average molecular weight is 333 g/mol. The van der Waals surface area contributed by atoms with Crippen molar-refractivity contribution in [3.05, 3.63) is 35.6 Å². The van der Waals surface area contributed by atoms with E-state index in [0.29, 0.717) is 17.9 Å². The highest BCUT2D eigenvalue weighted by Gasteiger charge is 2.30. The smallest absolute Gasteiger partial charge is 0.123 e. The molecule has 2 fully saturated rings. The van der Waals surface area contributed by atoms with E-state index in [2.05, 4.69) is 29.0 Å². The van der Waals surface area contributed by atoms with Gasteiger partial charge in [0, 0.05) is 38.8 Å². The van der Waals surface area contributed by atoms with Gasteiger partial charge in [0.2, 0.25) is 0 Å². The Morgan fingerprint density at radius 3 is 2.25 bits per heavy atom. The molecule has 1 unspecified atom stereocenters. The van der Waals surface area contributed by atoms with Crippen LogP contribution >= 0.6 is 0 Å². The van der Waals surface area contributed by atoms with E-state index in [9.17, 15) is 4.39 Å². The molecule has 0 bridgehead atoms. The largest absolute Gasteiger partial charge is 0.314 e. The highest BCUT2D eigenvalue weighted by atomic mass is 19.1. The van der Waals surface area contributed by atoms with Crippen LogP contribution in [-0.4, -0.2) is 61.7 Å². The summed E-state index contributed by atoms with van der Waals surface area (Å²) in [6.07, 6.45) is 2.51. The van der Waals surface area contributed by atoms with Crippen molar-refractivity contribution in [2.24, 2.45) is 5.92 Å². The fraction of sp³-hybridized carbons (Fsp3) is 0.700. The summed E-state index contributed by atoms with van der Waals surface area (Å²) in [5.74, 6) is 1.10. The predicted octanol–water partition coefficient (Wildman–Crippen LogP) is 2.93. The highest BCUT2D eigenvalue weighted by Crippen LogP contribution is 2.34. The number of likely N-dealkylation sites (tertiary alicyclic amines) is 1. The molecule has 0 aromatic heterocycles. The summed E-state index contributed by atoms with van der Waals surface area (Å²) in [6.45, 7) is 12.5. The molecular formula is C20H32FN3. The standard InChI is InChI=1S/C20H32FN3/c1-16(2)24-11-7-18(8-12-24)20(15-23-13-9-22-10-14-23)17-3-5-19(21)6-4-17/h3-6,16,18,20,22H,7-15H2,1-2H3. The van der Waals surface area contributed by atoms with Crippen molar-refractivity contribution in [1.29, 1.82) is 0 Å². The first-order valence-corrected chi connectivity index (χ1v) is 9.56. The van der Waals surface area contributed by atoms with E-state index in [1.807, 2.05) is 12.1 Å². The van der Waals surface area contributed by atoms with Crippen LogP contribution in [0.4, 0.5) is 4.39 Å². The SMILES string of the molecule is CC(C)N1CCC(C(CN2CCNCC2)c2ccc(F)cc2)CC1. The number of nitrogens with zero attached hydrogens (tertiary/aromatic N) is 2. The van der Waals surface area contributed by atoms with Gasteiger partial charge in [0.15, 0.2) is 0 Å². The fourth-order valence-electron chi connectivity index (χ4n) is 4.25. The van der Waals surface area contributed by atoms with Crippen molar-refractivity contribution >= 4 is 0 Å². The van der Waals surface area contributed by atoms with Crippen molar-refractivity contribution in [1.82, 2.24) is 15.1 Å². The van der Waals surface area contributed by atoms with E-state index in [1.54, 1.807) is 12.1 Å². The third kappa shape index (κ3) is 4.56. The second-order valence-corrected chi connectivity index (χ2v) is 7.68. The Balaban J connectivity index is 1.70. The molecule has 2 aliphatic heterocycles. The molecule has 0 radical (unpaired) electrons. The number of nitrogens with one attached hydrogen (secondary N) is 1. The molecular weight excluding hydrogens is 301 g/mol. The van der Waals surface area contributed by atoms with Gasteiger partial charge in [0.05, 0.1) is 0 Å². The summed E-state index contributed by atoms with van der Waals surface area (Å²) in [5.41, 5.74) is 1.32. The zero-order valence-corrected chi connectivity index (χ0v) is 15.2. The molecule has 134 valence electrons. The molecule has 3 rings (SSSR count). The van der Waals surface area contributed by atoms with Crippen molar-refractivity contribution < 1.29 is 4.39 Å². The molecule has 2 heterocycles. The molecule has 1 aromatic carbocycles. The van der Waals surface area contributed by atoms with E-state index < -0.39 is 0 Å². The van der Waals surface area contributed by atoms with Crippen molar-refractivity contribution in [3.8, 4) is 0 Å². The molecule has 4 heteroatoms. The van der Waals surface area contributed by atoms with Crippen LogP contribution in [0, 0.1) is 11.7 Å². The third-order valence-corrected chi connectivity index (χ3v) is 5.84. The van der Waals surface area contributed by atoms with Crippen molar-refractivity contribution in [2.45, 2.75) is 38.6 Å². The van der Waals surface area contributed by atoms with E-state index in [4.69, 9.17) is 0 Å². The number of rotatable bonds is 5. The Labute approximate surface area is 146 Å². The van der Waals surface area contributed by atoms with Crippen LogP contribution in [0.1, 0.15) is 38.2 Å². The zero-order chi connectivity index (χ0) is 16.9. The van der Waals surface area contributed by atoms with Crippen LogP contribution in [0.3, 0.4) is 0 Å². The van der Waals surface area contributed by atoms with E-state index in [0.717, 1.165) is 32.7 Å². The van der Waals surface area contributed by atoms with Crippen molar-refractivity contribution in [2.75, 3.05) is 45.8 Å². The Hall–Kier alpha value is -0.970. The van der Waals surface area contributed by atoms with Gasteiger partial charge in [-0.25, -0.2) is 4.39 Å². The van der Waals surface area contributed by atoms with Gasteiger partial charge < -0.3 is 15.1 Å². The summed E-state index contributed by atoms with van der Waals surface area (Å²) in [5, 5.41) is 3.44. The van der Waals surface area contributed by atoms with Crippen LogP contribution in [0.2, 0.25) is 0 Å².